The lowest BCUT2D eigenvalue weighted by molar-refractivity contribution is -0.909. The average molecular weight is 605 g/mol. The highest BCUT2D eigenvalue weighted by atomic mass is 35.5. The van der Waals surface area contributed by atoms with Crippen molar-refractivity contribution in [3.05, 3.63) is 80.0 Å². The number of hydrogen-bond acceptors (Lipinski definition) is 5. The number of ether oxygens (including phenoxy) is 2. The van der Waals surface area contributed by atoms with Crippen molar-refractivity contribution >= 4 is 46.4 Å². The zero-order valence-corrected chi connectivity index (χ0v) is 26.2. The first kappa shape index (κ1) is 31.5. The molecule has 1 aliphatic heterocycles. The third-order valence-electron chi connectivity index (χ3n) is 7.24. The minimum absolute atomic E-state index is 0.401. The molecule has 38 heavy (non-hydrogen) atoms. The van der Waals surface area contributed by atoms with Crippen LogP contribution >= 0.6 is 46.4 Å². The summed E-state index contributed by atoms with van der Waals surface area (Å²) in [6.07, 6.45) is 3.55. The summed E-state index contributed by atoms with van der Waals surface area (Å²) in [5.74, 6) is 0. The Hall–Kier alpha value is -1.06. The predicted molar refractivity (Wildman–Crippen MR) is 159 cm³/mol. The molecule has 1 N–H and O–H groups in total. The molecule has 6 nitrogen and oxygen atoms in total. The molecule has 2 aromatic carbocycles. The Morgan fingerprint density at radius 3 is 1.97 bits per heavy atom. The summed E-state index contributed by atoms with van der Waals surface area (Å²) in [6.45, 7) is 4.50. The Kier molecular flexibility index (Phi) is 10.5. The second kappa shape index (κ2) is 12.6. The summed E-state index contributed by atoms with van der Waals surface area (Å²) in [4.78, 5) is 4.18. The van der Waals surface area contributed by atoms with E-state index in [0.29, 0.717) is 37.8 Å². The fraction of sp³-hybridized carbons (Fsp3) is 0.500. The molecular weight excluding hydrogens is 566 g/mol. The first-order chi connectivity index (χ1) is 17.7. The number of halogens is 4. The van der Waals surface area contributed by atoms with E-state index < -0.39 is 17.4 Å². The summed E-state index contributed by atoms with van der Waals surface area (Å²) in [5.41, 5.74) is -0.101. The average Bonchev–Trinajstić information content (AvgIpc) is 3.15. The number of hydrogen-bond donors (Lipinski definition) is 1. The maximum absolute atomic E-state index is 6.92. The third kappa shape index (κ3) is 6.30. The van der Waals surface area contributed by atoms with E-state index in [9.17, 15) is 0 Å². The highest BCUT2D eigenvalue weighted by molar-refractivity contribution is 6.42. The second-order valence-corrected chi connectivity index (χ2v) is 12.4. The summed E-state index contributed by atoms with van der Waals surface area (Å²) < 4.78 is 14.1. The lowest BCUT2D eigenvalue weighted by atomic mass is 9.74. The Morgan fingerprint density at radius 2 is 1.45 bits per heavy atom. The van der Waals surface area contributed by atoms with Crippen LogP contribution in [-0.2, 0) is 15.1 Å². The van der Waals surface area contributed by atoms with Gasteiger partial charge in [0.05, 0.1) is 53.6 Å². The molecule has 2 aromatic rings. The van der Waals surface area contributed by atoms with Crippen molar-refractivity contribution in [3.8, 4) is 0 Å². The zero-order chi connectivity index (χ0) is 28.3. The summed E-state index contributed by atoms with van der Waals surface area (Å²) >= 11 is 25.8. The molecule has 0 radical (unpaired) electrons. The van der Waals surface area contributed by atoms with Gasteiger partial charge in [-0.2, -0.15) is 0 Å². The molecule has 210 valence electrons. The zero-order valence-electron chi connectivity index (χ0n) is 23.2. The van der Waals surface area contributed by atoms with Crippen molar-refractivity contribution < 1.29 is 14.0 Å². The summed E-state index contributed by atoms with van der Waals surface area (Å²) in [6, 6.07) is 11.3. The van der Waals surface area contributed by atoms with Crippen LogP contribution in [-0.4, -0.2) is 88.5 Å². The van der Waals surface area contributed by atoms with Crippen molar-refractivity contribution in [1.82, 2.24) is 15.1 Å². The first-order valence-electron chi connectivity index (χ1n) is 12.5. The lowest BCUT2D eigenvalue weighted by Crippen LogP contribution is -2.74. The molecule has 0 saturated carbocycles. The minimum Gasteiger partial charge on any atom is -0.363 e. The van der Waals surface area contributed by atoms with E-state index in [4.69, 9.17) is 55.9 Å². The van der Waals surface area contributed by atoms with E-state index in [2.05, 4.69) is 42.3 Å². The molecule has 3 unspecified atom stereocenters. The van der Waals surface area contributed by atoms with E-state index in [0.717, 1.165) is 24.2 Å². The number of nitrogens with zero attached hydrogens (tertiary/aromatic N) is 3. The van der Waals surface area contributed by atoms with Crippen LogP contribution in [0, 0.1) is 0 Å². The van der Waals surface area contributed by atoms with Gasteiger partial charge in [-0.25, -0.2) is 0 Å². The molecule has 10 heteroatoms. The van der Waals surface area contributed by atoms with Crippen molar-refractivity contribution in [3.63, 3.8) is 0 Å². The van der Waals surface area contributed by atoms with E-state index in [1.165, 1.54) is 0 Å². The maximum Gasteiger partial charge on any atom is 0.240 e. The summed E-state index contributed by atoms with van der Waals surface area (Å²) in [7, 11) is 12.3. The molecule has 0 amide bonds. The van der Waals surface area contributed by atoms with Gasteiger partial charge in [0.15, 0.2) is 11.7 Å². The summed E-state index contributed by atoms with van der Waals surface area (Å²) in [5, 5.41) is 5.59. The van der Waals surface area contributed by atoms with Gasteiger partial charge in [0.1, 0.15) is 6.20 Å². The van der Waals surface area contributed by atoms with Crippen LogP contribution in [0.25, 0.3) is 0 Å². The van der Waals surface area contributed by atoms with Gasteiger partial charge in [-0.05, 0) is 70.5 Å². The van der Waals surface area contributed by atoms with Gasteiger partial charge in [-0.15, -0.1) is 0 Å². The number of quaternary nitrogens is 1. The van der Waals surface area contributed by atoms with Crippen molar-refractivity contribution in [1.29, 1.82) is 0 Å². The molecule has 0 saturated heterocycles. The van der Waals surface area contributed by atoms with Gasteiger partial charge in [0.2, 0.25) is 5.66 Å². The van der Waals surface area contributed by atoms with Crippen LogP contribution in [0.4, 0.5) is 0 Å². The normalized spacial score (nSPS) is 21.1. The molecule has 0 spiro atoms. The largest absolute Gasteiger partial charge is 0.363 e. The Labute approximate surface area is 247 Å². The van der Waals surface area contributed by atoms with Crippen LogP contribution < -0.4 is 5.32 Å². The van der Waals surface area contributed by atoms with Gasteiger partial charge in [-0.1, -0.05) is 58.5 Å². The topological polar surface area (TPSA) is 37.0 Å². The molecule has 1 heterocycles. The van der Waals surface area contributed by atoms with Crippen LogP contribution in [0.2, 0.25) is 20.1 Å². The minimum atomic E-state index is -0.959. The third-order valence-corrected chi connectivity index (χ3v) is 8.71. The standard InChI is InChI=1S/C28H39Cl4N4O2/c1-27(38-17-14-35(4)5,21-9-11-23(30)25(32)19-21)28(33-12-15-36(28,6)7)26(37-16-13-34(2)3)20-8-10-22(29)24(31)18-20/h8-12,15,18-19,26,33H,13-14,16-17H2,1-7H3/q+1. The molecule has 0 aliphatic carbocycles. The second-order valence-electron chi connectivity index (χ2n) is 10.8. The monoisotopic (exact) mass is 603 g/mol. The van der Waals surface area contributed by atoms with Crippen LogP contribution in [0.15, 0.2) is 48.8 Å². The Morgan fingerprint density at radius 1 is 0.868 bits per heavy atom. The molecular formula is C28H39Cl4N4O2+. The SMILES string of the molecule is CN(C)CCOC(c1ccc(Cl)c(Cl)c1)C1(C(C)(OCCN(C)C)c2ccc(Cl)c(Cl)c2)NC=C[N+]1(C)C. The molecule has 0 aromatic heterocycles. The Balaban J connectivity index is 2.29. The van der Waals surface area contributed by atoms with E-state index in [1.807, 2.05) is 64.7 Å². The van der Waals surface area contributed by atoms with Gasteiger partial charge >= 0.3 is 0 Å². The smallest absolute Gasteiger partial charge is 0.240 e. The van der Waals surface area contributed by atoms with Crippen molar-refractivity contribution in [2.24, 2.45) is 0 Å². The number of benzene rings is 2. The van der Waals surface area contributed by atoms with Crippen LogP contribution in [0.3, 0.4) is 0 Å². The molecule has 0 bridgehead atoms. The maximum atomic E-state index is 6.92. The number of nitrogens with one attached hydrogen (secondary N) is 1. The van der Waals surface area contributed by atoms with Gasteiger partial charge in [0.25, 0.3) is 0 Å². The van der Waals surface area contributed by atoms with E-state index >= 15 is 0 Å². The van der Waals surface area contributed by atoms with Gasteiger partial charge in [-0.3, -0.25) is 4.48 Å². The number of rotatable bonds is 12. The fourth-order valence-corrected chi connectivity index (χ4v) is 5.68. The van der Waals surface area contributed by atoms with Crippen LogP contribution in [0.5, 0.6) is 0 Å². The van der Waals surface area contributed by atoms with E-state index in [-0.39, 0.29) is 0 Å². The first-order valence-corrected chi connectivity index (χ1v) is 14.0. The highest BCUT2D eigenvalue weighted by Gasteiger charge is 2.68. The molecule has 3 atom stereocenters. The van der Waals surface area contributed by atoms with Gasteiger partial charge < -0.3 is 24.6 Å². The Bertz CT molecular complexity index is 1140. The fourth-order valence-electron chi connectivity index (χ4n) is 5.08. The predicted octanol–water partition coefficient (Wildman–Crippen LogP) is 6.26. The van der Waals surface area contributed by atoms with Crippen molar-refractivity contribution in [2.45, 2.75) is 24.3 Å². The number of likely N-dealkylation sites (N-methyl/N-ethyl adjacent to an activating group) is 3. The quantitative estimate of drug-likeness (QED) is 0.289. The highest BCUT2D eigenvalue weighted by Crippen LogP contribution is 2.53. The molecule has 3 rings (SSSR count). The van der Waals surface area contributed by atoms with Crippen LogP contribution in [0.1, 0.15) is 24.2 Å². The van der Waals surface area contributed by atoms with E-state index in [1.54, 1.807) is 6.07 Å². The lowest BCUT2D eigenvalue weighted by Gasteiger charge is -2.55. The van der Waals surface area contributed by atoms with Gasteiger partial charge in [0, 0.05) is 13.1 Å². The van der Waals surface area contributed by atoms with Crippen molar-refractivity contribution in [2.75, 3.05) is 68.6 Å². The molecule has 1 aliphatic rings. The molecule has 0 fully saturated rings.